The molecule has 2 aromatic carbocycles. The van der Waals surface area contributed by atoms with Crippen molar-refractivity contribution in [2.75, 3.05) is 5.73 Å². The predicted molar refractivity (Wildman–Crippen MR) is 88.4 cm³/mol. The smallest absolute Gasteiger partial charge is 0.201 e. The number of hydrogen-bond acceptors (Lipinski definition) is 2. The van der Waals surface area contributed by atoms with Crippen LogP contribution in [0.4, 0.5) is 5.95 Å². The Morgan fingerprint density at radius 1 is 1.14 bits per heavy atom. The molecule has 1 unspecified atom stereocenters. The Labute approximate surface area is 125 Å². The fourth-order valence-corrected chi connectivity index (χ4v) is 2.76. The Bertz CT molecular complexity index is 744. The van der Waals surface area contributed by atoms with E-state index < -0.39 is 0 Å². The number of aromatic nitrogens is 2. The van der Waals surface area contributed by atoms with Crippen LogP contribution >= 0.6 is 0 Å². The highest BCUT2D eigenvalue weighted by Gasteiger charge is 2.10. The van der Waals surface area contributed by atoms with Crippen LogP contribution in [0.1, 0.15) is 30.4 Å². The minimum absolute atomic E-state index is 0.507. The molecule has 3 nitrogen and oxygen atoms in total. The number of anilines is 1. The average molecular weight is 279 g/mol. The van der Waals surface area contributed by atoms with Gasteiger partial charge >= 0.3 is 0 Å². The molecule has 2 N–H and O–H groups in total. The molecule has 0 amide bonds. The Morgan fingerprint density at radius 2 is 1.90 bits per heavy atom. The molecule has 0 aliphatic heterocycles. The predicted octanol–water partition coefficient (Wildman–Crippen LogP) is 4.12. The summed E-state index contributed by atoms with van der Waals surface area (Å²) in [7, 11) is 0. The maximum atomic E-state index is 6.08. The molecule has 0 saturated heterocycles. The second-order valence-electron chi connectivity index (χ2n) is 5.71. The van der Waals surface area contributed by atoms with Crippen molar-refractivity contribution in [3.05, 3.63) is 59.7 Å². The van der Waals surface area contributed by atoms with E-state index in [0.717, 1.165) is 24.0 Å². The van der Waals surface area contributed by atoms with Crippen molar-refractivity contribution < 1.29 is 0 Å². The molecule has 3 heteroatoms. The fourth-order valence-electron chi connectivity index (χ4n) is 2.76. The van der Waals surface area contributed by atoms with E-state index in [9.17, 15) is 0 Å². The first kappa shape index (κ1) is 13.7. The van der Waals surface area contributed by atoms with Gasteiger partial charge < -0.3 is 10.3 Å². The summed E-state index contributed by atoms with van der Waals surface area (Å²) in [5, 5.41) is 0. The second kappa shape index (κ2) is 5.60. The van der Waals surface area contributed by atoms with Crippen molar-refractivity contribution in [1.29, 1.82) is 0 Å². The number of fused-ring (bicyclic) bond motifs is 1. The van der Waals surface area contributed by atoms with Crippen molar-refractivity contribution in [3.8, 4) is 0 Å². The van der Waals surface area contributed by atoms with Gasteiger partial charge in [0.15, 0.2) is 0 Å². The van der Waals surface area contributed by atoms with Gasteiger partial charge in [-0.3, -0.25) is 0 Å². The van der Waals surface area contributed by atoms with Crippen LogP contribution in [0.5, 0.6) is 0 Å². The van der Waals surface area contributed by atoms with E-state index in [1.54, 1.807) is 0 Å². The minimum Gasteiger partial charge on any atom is -0.369 e. The zero-order valence-corrected chi connectivity index (χ0v) is 12.6. The zero-order chi connectivity index (χ0) is 14.8. The summed E-state index contributed by atoms with van der Waals surface area (Å²) in [6.07, 6.45) is 1.05. The quantitative estimate of drug-likeness (QED) is 0.780. The summed E-state index contributed by atoms with van der Waals surface area (Å²) < 4.78 is 2.13. The summed E-state index contributed by atoms with van der Waals surface area (Å²) in [5.41, 5.74) is 10.8. The molecule has 1 atom stereocenters. The van der Waals surface area contributed by atoms with Crippen LogP contribution in [-0.2, 0) is 6.54 Å². The molecule has 0 bridgehead atoms. The van der Waals surface area contributed by atoms with Gasteiger partial charge in [0.05, 0.1) is 11.0 Å². The monoisotopic (exact) mass is 279 g/mol. The highest BCUT2D eigenvalue weighted by molar-refractivity contribution is 5.79. The van der Waals surface area contributed by atoms with Gasteiger partial charge in [0, 0.05) is 6.54 Å². The SMILES string of the molecule is Cc1ccc2nc(N)n(CCC(C)c3ccccc3)c2c1. The van der Waals surface area contributed by atoms with Crippen LogP contribution in [0.25, 0.3) is 11.0 Å². The molecule has 108 valence electrons. The Hall–Kier alpha value is -2.29. The third-order valence-corrected chi connectivity index (χ3v) is 4.09. The number of nitrogen functional groups attached to an aromatic ring is 1. The lowest BCUT2D eigenvalue weighted by Crippen LogP contribution is -2.06. The summed E-state index contributed by atoms with van der Waals surface area (Å²) in [6, 6.07) is 16.9. The third kappa shape index (κ3) is 2.77. The number of imidazole rings is 1. The van der Waals surface area contributed by atoms with E-state index in [0.29, 0.717) is 11.9 Å². The molecule has 0 saturated carbocycles. The number of rotatable bonds is 4. The number of aryl methyl sites for hydroxylation is 2. The highest BCUT2D eigenvalue weighted by Crippen LogP contribution is 2.23. The van der Waals surface area contributed by atoms with Gasteiger partial charge in [-0.1, -0.05) is 43.3 Å². The van der Waals surface area contributed by atoms with Crippen molar-refractivity contribution in [2.45, 2.75) is 32.7 Å². The Morgan fingerprint density at radius 3 is 2.67 bits per heavy atom. The molecule has 0 aliphatic rings. The fraction of sp³-hybridized carbons (Fsp3) is 0.278. The number of nitrogens with two attached hydrogens (primary N) is 1. The number of hydrogen-bond donors (Lipinski definition) is 1. The van der Waals surface area contributed by atoms with Crippen molar-refractivity contribution >= 4 is 17.0 Å². The van der Waals surface area contributed by atoms with Gasteiger partial charge in [-0.15, -0.1) is 0 Å². The number of benzene rings is 2. The Kier molecular flexibility index (Phi) is 3.65. The van der Waals surface area contributed by atoms with Crippen LogP contribution in [0.3, 0.4) is 0 Å². The second-order valence-corrected chi connectivity index (χ2v) is 5.71. The van der Waals surface area contributed by atoms with E-state index in [1.165, 1.54) is 11.1 Å². The first-order chi connectivity index (χ1) is 10.1. The van der Waals surface area contributed by atoms with Gasteiger partial charge in [0.2, 0.25) is 5.95 Å². The molecule has 1 heterocycles. The van der Waals surface area contributed by atoms with Crippen molar-refractivity contribution in [2.24, 2.45) is 0 Å². The lowest BCUT2D eigenvalue weighted by molar-refractivity contribution is 0.590. The molecule has 0 aliphatic carbocycles. The molecule has 3 rings (SSSR count). The lowest BCUT2D eigenvalue weighted by atomic mass is 9.98. The van der Waals surface area contributed by atoms with Gasteiger partial charge in [0.1, 0.15) is 0 Å². The summed E-state index contributed by atoms with van der Waals surface area (Å²) in [4.78, 5) is 4.45. The van der Waals surface area contributed by atoms with Crippen molar-refractivity contribution in [1.82, 2.24) is 9.55 Å². The van der Waals surface area contributed by atoms with E-state index in [2.05, 4.69) is 65.9 Å². The molecular formula is C18H21N3. The van der Waals surface area contributed by atoms with Crippen LogP contribution in [0.2, 0.25) is 0 Å². The van der Waals surface area contributed by atoms with E-state index in [1.807, 2.05) is 6.07 Å². The summed E-state index contributed by atoms with van der Waals surface area (Å²) in [5.74, 6) is 1.11. The summed E-state index contributed by atoms with van der Waals surface area (Å²) >= 11 is 0. The standard InChI is InChI=1S/C18H21N3/c1-13-8-9-16-17(12-13)21(18(19)20-16)11-10-14(2)15-6-4-3-5-7-15/h3-9,12,14H,10-11H2,1-2H3,(H2,19,20). The van der Waals surface area contributed by atoms with Crippen LogP contribution in [-0.4, -0.2) is 9.55 Å². The molecule has 21 heavy (non-hydrogen) atoms. The van der Waals surface area contributed by atoms with Gasteiger partial charge in [0.25, 0.3) is 0 Å². The molecule has 0 spiro atoms. The number of nitrogens with zero attached hydrogens (tertiary/aromatic N) is 2. The summed E-state index contributed by atoms with van der Waals surface area (Å²) in [6.45, 7) is 5.25. The maximum absolute atomic E-state index is 6.08. The van der Waals surface area contributed by atoms with E-state index in [4.69, 9.17) is 5.73 Å². The van der Waals surface area contributed by atoms with E-state index in [-0.39, 0.29) is 0 Å². The van der Waals surface area contributed by atoms with Crippen LogP contribution in [0, 0.1) is 6.92 Å². The van der Waals surface area contributed by atoms with Gasteiger partial charge in [-0.25, -0.2) is 4.98 Å². The molecular weight excluding hydrogens is 258 g/mol. The normalized spacial score (nSPS) is 12.7. The topological polar surface area (TPSA) is 43.8 Å². The van der Waals surface area contributed by atoms with E-state index >= 15 is 0 Å². The molecule has 3 aromatic rings. The molecule has 0 fully saturated rings. The Balaban J connectivity index is 1.82. The largest absolute Gasteiger partial charge is 0.369 e. The highest BCUT2D eigenvalue weighted by atomic mass is 15.1. The van der Waals surface area contributed by atoms with Crippen molar-refractivity contribution in [3.63, 3.8) is 0 Å². The van der Waals surface area contributed by atoms with Crippen LogP contribution in [0.15, 0.2) is 48.5 Å². The first-order valence-electron chi connectivity index (χ1n) is 7.42. The third-order valence-electron chi connectivity index (χ3n) is 4.09. The average Bonchev–Trinajstić information content (AvgIpc) is 2.80. The molecule has 1 aromatic heterocycles. The molecule has 0 radical (unpaired) electrons. The van der Waals surface area contributed by atoms with Gasteiger partial charge in [-0.2, -0.15) is 0 Å². The zero-order valence-electron chi connectivity index (χ0n) is 12.6. The minimum atomic E-state index is 0.507. The van der Waals surface area contributed by atoms with Crippen LogP contribution < -0.4 is 5.73 Å². The van der Waals surface area contributed by atoms with Gasteiger partial charge in [-0.05, 0) is 42.5 Å². The maximum Gasteiger partial charge on any atom is 0.201 e. The first-order valence-corrected chi connectivity index (χ1v) is 7.42. The lowest BCUT2D eigenvalue weighted by Gasteiger charge is -2.13.